The molecule has 0 bridgehead atoms. The van der Waals surface area contributed by atoms with Crippen LogP contribution in [0.3, 0.4) is 0 Å². The van der Waals surface area contributed by atoms with Crippen LogP contribution >= 0.6 is 0 Å². The third-order valence-corrected chi connectivity index (χ3v) is 3.68. The molecule has 0 atom stereocenters. The number of hydrazine groups is 1. The Morgan fingerprint density at radius 1 is 1.14 bits per heavy atom. The van der Waals surface area contributed by atoms with Gasteiger partial charge < -0.3 is 4.57 Å². The zero-order valence-electron chi connectivity index (χ0n) is 11.8. The summed E-state index contributed by atoms with van der Waals surface area (Å²) in [5.41, 5.74) is 6.20. The van der Waals surface area contributed by atoms with Gasteiger partial charge in [-0.1, -0.05) is 30.3 Å². The quantitative estimate of drug-likeness (QED) is 0.440. The molecule has 106 valence electrons. The summed E-state index contributed by atoms with van der Waals surface area (Å²) in [4.78, 5) is 11.6. The first kappa shape index (κ1) is 13.4. The molecule has 0 radical (unpaired) electrons. The van der Waals surface area contributed by atoms with Gasteiger partial charge in [0.05, 0.1) is 0 Å². The molecule has 3 aromatic rings. The van der Waals surface area contributed by atoms with Crippen molar-refractivity contribution in [3.05, 3.63) is 71.4 Å². The molecule has 0 aliphatic heterocycles. The van der Waals surface area contributed by atoms with Gasteiger partial charge in [0.25, 0.3) is 5.91 Å². The molecule has 4 heteroatoms. The van der Waals surface area contributed by atoms with Crippen LogP contribution in [0.2, 0.25) is 0 Å². The highest BCUT2D eigenvalue weighted by molar-refractivity contribution is 5.93. The molecule has 0 aliphatic rings. The summed E-state index contributed by atoms with van der Waals surface area (Å²) < 4.78 is 2.24. The van der Waals surface area contributed by atoms with E-state index in [0.29, 0.717) is 5.56 Å². The fourth-order valence-electron chi connectivity index (χ4n) is 2.64. The number of amides is 1. The molecule has 0 fully saturated rings. The lowest BCUT2D eigenvalue weighted by molar-refractivity contribution is 0.0953. The van der Waals surface area contributed by atoms with Crippen LogP contribution in [-0.2, 0) is 6.54 Å². The Morgan fingerprint density at radius 3 is 2.76 bits per heavy atom. The maximum Gasteiger partial charge on any atom is 0.265 e. The SMILES string of the molecule is Cc1cc2ccccc2n1Cc1cccc(C(=O)NN)c1. The number of nitrogen functional groups attached to an aromatic ring is 1. The molecule has 1 heterocycles. The lowest BCUT2D eigenvalue weighted by atomic mass is 10.1. The van der Waals surface area contributed by atoms with Crippen molar-refractivity contribution in [1.29, 1.82) is 0 Å². The third-order valence-electron chi connectivity index (χ3n) is 3.68. The van der Waals surface area contributed by atoms with Crippen LogP contribution in [0, 0.1) is 6.92 Å². The number of hydrogen-bond donors (Lipinski definition) is 2. The Hall–Kier alpha value is -2.59. The number of hydrogen-bond acceptors (Lipinski definition) is 2. The molecule has 21 heavy (non-hydrogen) atoms. The summed E-state index contributed by atoms with van der Waals surface area (Å²) >= 11 is 0. The summed E-state index contributed by atoms with van der Waals surface area (Å²) in [6.45, 7) is 2.82. The van der Waals surface area contributed by atoms with Crippen LogP contribution in [0.25, 0.3) is 10.9 Å². The number of nitrogens with two attached hydrogens (primary N) is 1. The average Bonchev–Trinajstić information content (AvgIpc) is 2.83. The van der Waals surface area contributed by atoms with E-state index in [1.165, 1.54) is 16.6 Å². The van der Waals surface area contributed by atoms with Crippen molar-refractivity contribution in [1.82, 2.24) is 9.99 Å². The largest absolute Gasteiger partial charge is 0.340 e. The molecule has 4 nitrogen and oxygen atoms in total. The summed E-state index contributed by atoms with van der Waals surface area (Å²) in [6, 6.07) is 18.0. The van der Waals surface area contributed by atoms with Crippen molar-refractivity contribution in [3.8, 4) is 0 Å². The highest BCUT2D eigenvalue weighted by Gasteiger charge is 2.08. The van der Waals surface area contributed by atoms with Gasteiger partial charge in [0.15, 0.2) is 0 Å². The first-order valence-electron chi connectivity index (χ1n) is 6.84. The average molecular weight is 279 g/mol. The molecule has 0 aliphatic carbocycles. The number of nitrogens with one attached hydrogen (secondary N) is 1. The lowest BCUT2D eigenvalue weighted by Gasteiger charge is -2.09. The number of aromatic nitrogens is 1. The van der Waals surface area contributed by atoms with Crippen molar-refractivity contribution in [2.24, 2.45) is 5.84 Å². The lowest BCUT2D eigenvalue weighted by Crippen LogP contribution is -2.30. The molecular formula is C17H17N3O. The zero-order chi connectivity index (χ0) is 14.8. The van der Waals surface area contributed by atoms with E-state index < -0.39 is 0 Å². The maximum absolute atomic E-state index is 11.6. The normalized spacial score (nSPS) is 10.8. The number of carbonyl (C=O) groups is 1. The van der Waals surface area contributed by atoms with E-state index in [-0.39, 0.29) is 5.91 Å². The van der Waals surface area contributed by atoms with Gasteiger partial charge >= 0.3 is 0 Å². The highest BCUT2D eigenvalue weighted by atomic mass is 16.2. The summed E-state index contributed by atoms with van der Waals surface area (Å²) in [6.07, 6.45) is 0. The summed E-state index contributed by atoms with van der Waals surface area (Å²) in [5, 5.41) is 1.23. The minimum Gasteiger partial charge on any atom is -0.340 e. The highest BCUT2D eigenvalue weighted by Crippen LogP contribution is 2.20. The Balaban J connectivity index is 1.99. The van der Waals surface area contributed by atoms with Gasteiger partial charge in [-0.25, -0.2) is 5.84 Å². The van der Waals surface area contributed by atoms with E-state index in [1.54, 1.807) is 6.07 Å². The second kappa shape index (κ2) is 5.42. The van der Waals surface area contributed by atoms with E-state index in [9.17, 15) is 4.79 Å². The van der Waals surface area contributed by atoms with E-state index >= 15 is 0 Å². The molecular weight excluding hydrogens is 262 g/mol. The molecule has 2 aromatic carbocycles. The van der Waals surface area contributed by atoms with E-state index in [0.717, 1.165) is 12.1 Å². The molecule has 3 rings (SSSR count). The third kappa shape index (κ3) is 2.53. The topological polar surface area (TPSA) is 60.0 Å². The first-order valence-corrected chi connectivity index (χ1v) is 6.84. The Kier molecular flexibility index (Phi) is 3.46. The number of benzene rings is 2. The number of nitrogens with zero attached hydrogens (tertiary/aromatic N) is 1. The van der Waals surface area contributed by atoms with Gasteiger partial charge in [-0.3, -0.25) is 10.2 Å². The Morgan fingerprint density at radius 2 is 1.95 bits per heavy atom. The number of carbonyl (C=O) groups excluding carboxylic acids is 1. The van der Waals surface area contributed by atoms with Crippen LogP contribution in [-0.4, -0.2) is 10.5 Å². The van der Waals surface area contributed by atoms with Crippen LogP contribution in [0.4, 0.5) is 0 Å². The van der Waals surface area contributed by atoms with Gasteiger partial charge in [-0.2, -0.15) is 0 Å². The number of fused-ring (bicyclic) bond motifs is 1. The molecule has 1 amide bonds. The van der Waals surface area contributed by atoms with Gasteiger partial charge in [0.2, 0.25) is 0 Å². The Bertz CT molecular complexity index is 805. The Labute approximate surface area is 123 Å². The van der Waals surface area contributed by atoms with Gasteiger partial charge in [-0.05, 0) is 42.1 Å². The standard InChI is InChI=1S/C17H17N3O/c1-12-9-14-6-2-3-8-16(14)20(12)11-13-5-4-7-15(10-13)17(21)19-18/h2-10H,11,18H2,1H3,(H,19,21). The number of rotatable bonds is 3. The minimum atomic E-state index is -0.272. The molecule has 3 N–H and O–H groups in total. The molecule has 0 spiro atoms. The maximum atomic E-state index is 11.6. The van der Waals surface area contributed by atoms with Gasteiger partial charge in [-0.15, -0.1) is 0 Å². The van der Waals surface area contributed by atoms with Crippen molar-refractivity contribution in [2.45, 2.75) is 13.5 Å². The fraction of sp³-hybridized carbons (Fsp3) is 0.118. The zero-order valence-corrected chi connectivity index (χ0v) is 11.8. The van der Waals surface area contributed by atoms with Crippen LogP contribution < -0.4 is 11.3 Å². The second-order valence-electron chi connectivity index (χ2n) is 5.10. The van der Waals surface area contributed by atoms with E-state index in [4.69, 9.17) is 5.84 Å². The monoisotopic (exact) mass is 279 g/mol. The van der Waals surface area contributed by atoms with Crippen LogP contribution in [0.15, 0.2) is 54.6 Å². The predicted octanol–water partition coefficient (Wildman–Crippen LogP) is 2.60. The molecule has 0 saturated carbocycles. The first-order chi connectivity index (χ1) is 10.2. The van der Waals surface area contributed by atoms with Crippen molar-refractivity contribution < 1.29 is 4.79 Å². The van der Waals surface area contributed by atoms with Crippen LogP contribution in [0.1, 0.15) is 21.6 Å². The predicted molar refractivity (Wildman–Crippen MR) is 83.9 cm³/mol. The van der Waals surface area contributed by atoms with Gasteiger partial charge in [0, 0.05) is 23.3 Å². The number of aryl methyl sites for hydroxylation is 1. The molecule has 0 unspecified atom stereocenters. The summed E-state index contributed by atoms with van der Waals surface area (Å²) in [5.74, 6) is 4.91. The fourth-order valence-corrected chi connectivity index (χ4v) is 2.64. The van der Waals surface area contributed by atoms with E-state index in [2.05, 4.69) is 35.1 Å². The molecule has 1 aromatic heterocycles. The smallest absolute Gasteiger partial charge is 0.265 e. The number of para-hydroxylation sites is 1. The van der Waals surface area contributed by atoms with Crippen molar-refractivity contribution in [3.63, 3.8) is 0 Å². The van der Waals surface area contributed by atoms with Gasteiger partial charge in [0.1, 0.15) is 0 Å². The molecule has 0 saturated heterocycles. The second-order valence-corrected chi connectivity index (χ2v) is 5.10. The summed E-state index contributed by atoms with van der Waals surface area (Å²) in [7, 11) is 0. The van der Waals surface area contributed by atoms with E-state index in [1.807, 2.05) is 30.3 Å². The van der Waals surface area contributed by atoms with Crippen LogP contribution in [0.5, 0.6) is 0 Å². The minimum absolute atomic E-state index is 0.272. The van der Waals surface area contributed by atoms with Crippen molar-refractivity contribution >= 4 is 16.8 Å². The van der Waals surface area contributed by atoms with Crippen molar-refractivity contribution in [2.75, 3.05) is 0 Å².